The van der Waals surface area contributed by atoms with Crippen LogP contribution in [0.3, 0.4) is 0 Å². The lowest BCUT2D eigenvalue weighted by atomic mass is 10.1. The van der Waals surface area contributed by atoms with Crippen LogP contribution in [0.4, 0.5) is 8.78 Å². The van der Waals surface area contributed by atoms with Crippen molar-refractivity contribution in [2.45, 2.75) is 58.5 Å². The Morgan fingerprint density at radius 3 is 2.53 bits per heavy atom. The third-order valence-corrected chi connectivity index (χ3v) is 3.20. The molecular formula is C12H22F2O2S. The van der Waals surface area contributed by atoms with E-state index in [9.17, 15) is 13.6 Å². The maximum absolute atomic E-state index is 12.9. The molecule has 0 N–H and O–H groups in total. The molecule has 0 saturated carbocycles. The summed E-state index contributed by atoms with van der Waals surface area (Å²) in [6.07, 6.45) is 0.982. The topological polar surface area (TPSA) is 26.3 Å². The van der Waals surface area contributed by atoms with E-state index in [0.717, 1.165) is 12.2 Å². The summed E-state index contributed by atoms with van der Waals surface area (Å²) in [5.41, 5.74) is 0. The SMILES string of the molecule is CCC(F)(F)CCCCSCC(=O)OC(C)C. The van der Waals surface area contributed by atoms with Gasteiger partial charge in [0.1, 0.15) is 0 Å². The van der Waals surface area contributed by atoms with E-state index in [1.165, 1.54) is 18.7 Å². The van der Waals surface area contributed by atoms with Crippen molar-refractivity contribution in [3.05, 3.63) is 0 Å². The smallest absolute Gasteiger partial charge is 0.316 e. The van der Waals surface area contributed by atoms with E-state index in [4.69, 9.17) is 4.74 Å². The predicted octanol–water partition coefficient (Wildman–Crippen LogP) is 3.89. The first-order valence-electron chi connectivity index (χ1n) is 6.02. The molecule has 0 spiro atoms. The zero-order valence-electron chi connectivity index (χ0n) is 10.8. The summed E-state index contributed by atoms with van der Waals surface area (Å²) < 4.78 is 30.7. The summed E-state index contributed by atoms with van der Waals surface area (Å²) >= 11 is 1.44. The molecule has 0 heterocycles. The number of halogens is 2. The zero-order chi connectivity index (χ0) is 13.3. The highest BCUT2D eigenvalue weighted by atomic mass is 32.2. The number of hydrogen-bond donors (Lipinski definition) is 0. The van der Waals surface area contributed by atoms with Gasteiger partial charge in [-0.15, -0.1) is 0 Å². The van der Waals surface area contributed by atoms with Crippen LogP contribution in [0, 0.1) is 0 Å². The van der Waals surface area contributed by atoms with Crippen molar-refractivity contribution in [3.8, 4) is 0 Å². The Kier molecular flexibility index (Phi) is 8.56. The zero-order valence-corrected chi connectivity index (χ0v) is 11.6. The van der Waals surface area contributed by atoms with Crippen LogP contribution < -0.4 is 0 Å². The molecule has 0 fully saturated rings. The van der Waals surface area contributed by atoms with Gasteiger partial charge >= 0.3 is 5.97 Å². The number of rotatable bonds is 9. The predicted molar refractivity (Wildman–Crippen MR) is 67.6 cm³/mol. The van der Waals surface area contributed by atoms with E-state index in [-0.39, 0.29) is 24.9 Å². The molecule has 0 aliphatic rings. The highest BCUT2D eigenvalue weighted by molar-refractivity contribution is 7.99. The van der Waals surface area contributed by atoms with Gasteiger partial charge in [-0.2, -0.15) is 11.8 Å². The van der Waals surface area contributed by atoms with Gasteiger partial charge in [0, 0.05) is 12.8 Å². The molecular weight excluding hydrogens is 246 g/mol. The fourth-order valence-corrected chi connectivity index (χ4v) is 2.00. The highest BCUT2D eigenvalue weighted by Crippen LogP contribution is 2.25. The van der Waals surface area contributed by atoms with Crippen molar-refractivity contribution in [1.82, 2.24) is 0 Å². The third-order valence-electron chi connectivity index (χ3n) is 2.19. The molecule has 0 radical (unpaired) electrons. The molecule has 0 atom stereocenters. The lowest BCUT2D eigenvalue weighted by molar-refractivity contribution is -0.144. The quantitative estimate of drug-likeness (QED) is 0.469. The van der Waals surface area contributed by atoms with Gasteiger partial charge in [-0.25, -0.2) is 8.78 Å². The monoisotopic (exact) mass is 268 g/mol. The Hall–Kier alpha value is -0.320. The van der Waals surface area contributed by atoms with Crippen molar-refractivity contribution < 1.29 is 18.3 Å². The second-order valence-electron chi connectivity index (χ2n) is 4.26. The molecule has 0 aliphatic heterocycles. The number of hydrogen-bond acceptors (Lipinski definition) is 3. The number of ether oxygens (including phenoxy) is 1. The van der Waals surface area contributed by atoms with Crippen molar-refractivity contribution in [2.24, 2.45) is 0 Å². The van der Waals surface area contributed by atoms with E-state index in [1.54, 1.807) is 13.8 Å². The molecule has 2 nitrogen and oxygen atoms in total. The molecule has 0 amide bonds. The fourth-order valence-electron chi connectivity index (χ4n) is 1.22. The minimum atomic E-state index is -2.53. The molecule has 0 aromatic carbocycles. The van der Waals surface area contributed by atoms with Crippen molar-refractivity contribution in [3.63, 3.8) is 0 Å². The van der Waals surface area contributed by atoms with Gasteiger partial charge in [-0.3, -0.25) is 4.79 Å². The normalized spacial score (nSPS) is 11.9. The second-order valence-corrected chi connectivity index (χ2v) is 5.36. The van der Waals surface area contributed by atoms with E-state index < -0.39 is 5.92 Å². The van der Waals surface area contributed by atoms with Crippen molar-refractivity contribution >= 4 is 17.7 Å². The lowest BCUT2D eigenvalue weighted by Crippen LogP contribution is -2.14. The molecule has 17 heavy (non-hydrogen) atoms. The first-order valence-corrected chi connectivity index (χ1v) is 7.18. The van der Waals surface area contributed by atoms with Crippen LogP contribution in [0.15, 0.2) is 0 Å². The average molecular weight is 268 g/mol. The van der Waals surface area contributed by atoms with E-state index in [2.05, 4.69) is 0 Å². The average Bonchev–Trinajstić information content (AvgIpc) is 2.22. The van der Waals surface area contributed by atoms with E-state index in [0.29, 0.717) is 12.2 Å². The molecule has 5 heteroatoms. The molecule has 0 unspecified atom stereocenters. The van der Waals surface area contributed by atoms with Gasteiger partial charge in [0.2, 0.25) is 5.92 Å². The van der Waals surface area contributed by atoms with Gasteiger partial charge < -0.3 is 4.74 Å². The summed E-state index contributed by atoms with van der Waals surface area (Å²) in [4.78, 5) is 11.1. The highest BCUT2D eigenvalue weighted by Gasteiger charge is 2.24. The maximum Gasteiger partial charge on any atom is 0.316 e. The van der Waals surface area contributed by atoms with E-state index in [1.807, 2.05) is 0 Å². The minimum Gasteiger partial charge on any atom is -0.462 e. The Morgan fingerprint density at radius 1 is 1.35 bits per heavy atom. The van der Waals surface area contributed by atoms with Crippen molar-refractivity contribution in [1.29, 1.82) is 0 Å². The summed E-state index contributed by atoms with van der Waals surface area (Å²) in [7, 11) is 0. The minimum absolute atomic E-state index is 0.0551. The molecule has 0 saturated heterocycles. The Labute approximate surface area is 106 Å². The Bertz CT molecular complexity index is 221. The maximum atomic E-state index is 12.9. The number of unbranched alkanes of at least 4 members (excludes halogenated alkanes) is 1. The molecule has 102 valence electrons. The molecule has 0 aliphatic carbocycles. The van der Waals surface area contributed by atoms with Crippen LogP contribution in [0.25, 0.3) is 0 Å². The van der Waals surface area contributed by atoms with Crippen LogP contribution in [0.1, 0.15) is 46.5 Å². The number of carbonyl (C=O) groups is 1. The Morgan fingerprint density at radius 2 is 2.00 bits per heavy atom. The fraction of sp³-hybridized carbons (Fsp3) is 0.917. The number of thioether (sulfide) groups is 1. The van der Waals surface area contributed by atoms with Gasteiger partial charge in [0.05, 0.1) is 11.9 Å². The Balaban J connectivity index is 3.38. The first-order chi connectivity index (χ1) is 7.87. The van der Waals surface area contributed by atoms with Crippen LogP contribution >= 0.6 is 11.8 Å². The molecule has 0 aromatic heterocycles. The second kappa shape index (κ2) is 8.72. The van der Waals surface area contributed by atoms with Crippen LogP contribution in [-0.2, 0) is 9.53 Å². The summed E-state index contributed by atoms with van der Waals surface area (Å²) in [6, 6.07) is 0. The molecule has 0 bridgehead atoms. The van der Waals surface area contributed by atoms with Crippen LogP contribution in [0.2, 0.25) is 0 Å². The van der Waals surface area contributed by atoms with E-state index >= 15 is 0 Å². The molecule has 0 aromatic rings. The van der Waals surface area contributed by atoms with Gasteiger partial charge in [0.25, 0.3) is 0 Å². The first kappa shape index (κ1) is 16.7. The number of carbonyl (C=O) groups excluding carboxylic acids is 1. The summed E-state index contributed by atoms with van der Waals surface area (Å²) in [6.45, 7) is 5.10. The van der Waals surface area contributed by atoms with Gasteiger partial charge in [0.15, 0.2) is 0 Å². The largest absolute Gasteiger partial charge is 0.462 e. The van der Waals surface area contributed by atoms with Gasteiger partial charge in [-0.05, 0) is 32.4 Å². The van der Waals surface area contributed by atoms with Crippen LogP contribution in [0.5, 0.6) is 0 Å². The third kappa shape index (κ3) is 10.5. The standard InChI is InChI=1S/C12H22F2O2S/c1-4-12(13,14)7-5-6-8-17-9-11(15)16-10(2)3/h10H,4-9H2,1-3H3. The summed E-state index contributed by atoms with van der Waals surface area (Å²) in [5, 5.41) is 0. The van der Waals surface area contributed by atoms with Crippen LogP contribution in [-0.4, -0.2) is 29.5 Å². The lowest BCUT2D eigenvalue weighted by Gasteiger charge is -2.13. The van der Waals surface area contributed by atoms with Crippen molar-refractivity contribution in [2.75, 3.05) is 11.5 Å². The number of esters is 1. The molecule has 0 rings (SSSR count). The summed E-state index contributed by atoms with van der Waals surface area (Å²) in [5.74, 6) is -1.72. The number of alkyl halides is 2. The van der Waals surface area contributed by atoms with Gasteiger partial charge in [-0.1, -0.05) is 6.92 Å².